The lowest BCUT2D eigenvalue weighted by Crippen LogP contribution is -2.27. The predicted octanol–water partition coefficient (Wildman–Crippen LogP) is 4.43. The Kier molecular flexibility index (Phi) is 7.90. The van der Waals surface area contributed by atoms with Gasteiger partial charge in [0.25, 0.3) is 0 Å². The van der Waals surface area contributed by atoms with Gasteiger partial charge in [0, 0.05) is 25.1 Å². The van der Waals surface area contributed by atoms with E-state index in [1.807, 2.05) is 24.3 Å². The van der Waals surface area contributed by atoms with Crippen molar-refractivity contribution in [2.24, 2.45) is 0 Å². The van der Waals surface area contributed by atoms with E-state index in [4.69, 9.17) is 18.3 Å². The first-order chi connectivity index (χ1) is 10.8. The molecule has 0 radical (unpaired) electrons. The minimum atomic E-state index is -3.74. The molecule has 0 heterocycles. The SMILES string of the molecule is CCOC(=O)CCC(C)(OP(=O)(OC)OC)c1ccccc1Br. The van der Waals surface area contributed by atoms with Gasteiger partial charge in [-0.1, -0.05) is 34.1 Å². The standard InChI is InChI=1S/C15H22BrO6P/c1-5-21-14(17)10-11-15(2,22-23(18,19-3)20-4)12-8-6-7-9-13(12)16/h6-9H,5,10-11H2,1-4H3. The molecule has 0 aromatic heterocycles. The molecule has 1 aromatic rings. The molecule has 23 heavy (non-hydrogen) atoms. The molecule has 0 saturated carbocycles. The van der Waals surface area contributed by atoms with Gasteiger partial charge in [-0.25, -0.2) is 4.57 Å². The first-order valence-corrected chi connectivity index (χ1v) is 9.38. The van der Waals surface area contributed by atoms with E-state index in [1.165, 1.54) is 14.2 Å². The Labute approximate surface area is 145 Å². The van der Waals surface area contributed by atoms with Crippen LogP contribution in [0.3, 0.4) is 0 Å². The van der Waals surface area contributed by atoms with Crippen molar-refractivity contribution in [3.63, 3.8) is 0 Å². The van der Waals surface area contributed by atoms with Gasteiger partial charge in [-0.05, 0) is 31.9 Å². The molecule has 0 amide bonds. The van der Waals surface area contributed by atoms with Gasteiger partial charge in [-0.2, -0.15) is 0 Å². The summed E-state index contributed by atoms with van der Waals surface area (Å²) in [4.78, 5) is 11.7. The zero-order chi connectivity index (χ0) is 17.5. The molecule has 0 aliphatic rings. The highest BCUT2D eigenvalue weighted by molar-refractivity contribution is 9.10. The molecule has 0 N–H and O–H groups in total. The van der Waals surface area contributed by atoms with E-state index in [2.05, 4.69) is 15.9 Å². The minimum Gasteiger partial charge on any atom is -0.466 e. The van der Waals surface area contributed by atoms with E-state index in [1.54, 1.807) is 13.8 Å². The molecule has 130 valence electrons. The molecule has 1 unspecified atom stereocenters. The van der Waals surface area contributed by atoms with E-state index in [-0.39, 0.29) is 18.8 Å². The van der Waals surface area contributed by atoms with E-state index in [0.29, 0.717) is 6.61 Å². The summed E-state index contributed by atoms with van der Waals surface area (Å²) in [5.74, 6) is -0.348. The molecule has 0 aliphatic heterocycles. The van der Waals surface area contributed by atoms with Crippen LogP contribution in [0, 0.1) is 0 Å². The van der Waals surface area contributed by atoms with Crippen LogP contribution in [0.15, 0.2) is 28.7 Å². The fourth-order valence-corrected chi connectivity index (χ4v) is 3.77. The van der Waals surface area contributed by atoms with Gasteiger partial charge in [0.15, 0.2) is 0 Å². The molecular formula is C15H22BrO6P. The smallest absolute Gasteiger partial charge is 0.466 e. The highest BCUT2D eigenvalue weighted by atomic mass is 79.9. The highest BCUT2D eigenvalue weighted by Gasteiger charge is 2.39. The van der Waals surface area contributed by atoms with Gasteiger partial charge < -0.3 is 4.74 Å². The zero-order valence-corrected chi connectivity index (χ0v) is 16.2. The average Bonchev–Trinajstić information content (AvgIpc) is 2.53. The molecule has 1 atom stereocenters. The van der Waals surface area contributed by atoms with Crippen molar-refractivity contribution in [1.29, 1.82) is 0 Å². The van der Waals surface area contributed by atoms with Gasteiger partial charge in [0.05, 0.1) is 6.61 Å². The fraction of sp³-hybridized carbons (Fsp3) is 0.533. The number of esters is 1. The molecule has 0 aliphatic carbocycles. The maximum absolute atomic E-state index is 12.4. The number of hydrogen-bond donors (Lipinski definition) is 0. The summed E-state index contributed by atoms with van der Waals surface area (Å²) in [5, 5.41) is 0. The normalized spacial score (nSPS) is 14.3. The predicted molar refractivity (Wildman–Crippen MR) is 90.1 cm³/mol. The molecule has 0 spiro atoms. The van der Waals surface area contributed by atoms with Crippen LogP contribution in [0.4, 0.5) is 0 Å². The first-order valence-electron chi connectivity index (χ1n) is 7.13. The van der Waals surface area contributed by atoms with Crippen molar-refractivity contribution in [2.75, 3.05) is 20.8 Å². The minimum absolute atomic E-state index is 0.110. The third-order valence-corrected chi connectivity index (χ3v) is 5.53. The van der Waals surface area contributed by atoms with E-state index < -0.39 is 13.4 Å². The van der Waals surface area contributed by atoms with Gasteiger partial charge >= 0.3 is 13.8 Å². The largest absolute Gasteiger partial charge is 0.475 e. The van der Waals surface area contributed by atoms with E-state index in [9.17, 15) is 9.36 Å². The maximum atomic E-state index is 12.4. The van der Waals surface area contributed by atoms with Crippen LogP contribution in [-0.2, 0) is 33.3 Å². The Morgan fingerprint density at radius 1 is 1.26 bits per heavy atom. The molecule has 1 rings (SSSR count). The van der Waals surface area contributed by atoms with Crippen molar-refractivity contribution in [3.05, 3.63) is 34.3 Å². The maximum Gasteiger partial charge on any atom is 0.475 e. The zero-order valence-electron chi connectivity index (χ0n) is 13.7. The van der Waals surface area contributed by atoms with Crippen LogP contribution in [0.2, 0.25) is 0 Å². The second kappa shape index (κ2) is 8.94. The van der Waals surface area contributed by atoms with Crippen molar-refractivity contribution in [3.8, 4) is 0 Å². The Balaban J connectivity index is 3.12. The lowest BCUT2D eigenvalue weighted by Gasteiger charge is -2.33. The van der Waals surface area contributed by atoms with Gasteiger partial charge in [-0.15, -0.1) is 0 Å². The van der Waals surface area contributed by atoms with E-state index >= 15 is 0 Å². The quantitative estimate of drug-likeness (QED) is 0.444. The van der Waals surface area contributed by atoms with E-state index in [0.717, 1.165) is 10.0 Å². The molecule has 0 bridgehead atoms. The highest BCUT2D eigenvalue weighted by Crippen LogP contribution is 2.55. The molecule has 1 aromatic carbocycles. The summed E-state index contributed by atoms with van der Waals surface area (Å²) >= 11 is 3.45. The molecule has 8 heteroatoms. The van der Waals surface area contributed by atoms with Gasteiger partial charge in [-0.3, -0.25) is 18.4 Å². The number of benzene rings is 1. The third-order valence-electron chi connectivity index (χ3n) is 3.32. The Morgan fingerprint density at radius 3 is 2.39 bits per heavy atom. The average molecular weight is 409 g/mol. The Bertz CT molecular complexity index is 571. The van der Waals surface area contributed by atoms with Crippen LogP contribution in [0.5, 0.6) is 0 Å². The van der Waals surface area contributed by atoms with Crippen molar-refractivity contribution in [1.82, 2.24) is 0 Å². The summed E-state index contributed by atoms with van der Waals surface area (Å²) in [6.45, 7) is 3.78. The van der Waals surface area contributed by atoms with Crippen LogP contribution in [0.1, 0.15) is 32.3 Å². The number of phosphoric acid groups is 1. The number of hydrogen-bond acceptors (Lipinski definition) is 6. The summed E-state index contributed by atoms with van der Waals surface area (Å²) in [6.07, 6.45) is 0.365. The van der Waals surface area contributed by atoms with Crippen molar-refractivity contribution >= 4 is 29.7 Å². The number of ether oxygens (including phenoxy) is 1. The summed E-state index contributed by atoms with van der Waals surface area (Å²) < 4.78 is 33.6. The summed E-state index contributed by atoms with van der Waals surface area (Å²) in [6, 6.07) is 7.35. The van der Waals surface area contributed by atoms with Crippen LogP contribution in [0.25, 0.3) is 0 Å². The second-order valence-corrected chi connectivity index (χ2v) is 7.58. The lowest BCUT2D eigenvalue weighted by atomic mass is 9.91. The van der Waals surface area contributed by atoms with Crippen molar-refractivity contribution in [2.45, 2.75) is 32.3 Å². The molecule has 6 nitrogen and oxygen atoms in total. The van der Waals surface area contributed by atoms with Crippen LogP contribution >= 0.6 is 23.8 Å². The first kappa shape index (κ1) is 20.3. The molecule has 0 saturated heterocycles. The monoisotopic (exact) mass is 408 g/mol. The Hall–Kier alpha value is -0.720. The number of phosphoric ester groups is 1. The number of rotatable bonds is 9. The Morgan fingerprint density at radius 2 is 1.87 bits per heavy atom. The molecule has 0 fully saturated rings. The number of halogens is 1. The summed E-state index contributed by atoms with van der Waals surface area (Å²) in [7, 11) is -1.24. The van der Waals surface area contributed by atoms with Gasteiger partial charge in [0.1, 0.15) is 5.60 Å². The summed E-state index contributed by atoms with van der Waals surface area (Å²) in [5.41, 5.74) is -0.326. The fourth-order valence-electron chi connectivity index (χ4n) is 2.09. The molecular weight excluding hydrogens is 387 g/mol. The van der Waals surface area contributed by atoms with Crippen molar-refractivity contribution < 1.29 is 27.7 Å². The third kappa shape index (κ3) is 5.69. The lowest BCUT2D eigenvalue weighted by molar-refractivity contribution is -0.144. The topological polar surface area (TPSA) is 71.1 Å². The van der Waals surface area contributed by atoms with Gasteiger partial charge in [0.2, 0.25) is 0 Å². The number of carbonyl (C=O) groups excluding carboxylic acids is 1. The van der Waals surface area contributed by atoms with Crippen LogP contribution in [-0.4, -0.2) is 26.8 Å². The number of carbonyl (C=O) groups is 1. The second-order valence-electron chi connectivity index (χ2n) is 4.92. The van der Waals surface area contributed by atoms with Crippen LogP contribution < -0.4 is 0 Å².